The van der Waals surface area contributed by atoms with E-state index in [1.807, 2.05) is 0 Å². The normalized spacial score (nSPS) is 12.2. The summed E-state index contributed by atoms with van der Waals surface area (Å²) in [6.45, 7) is 2.05. The number of benzene rings is 1. The van der Waals surface area contributed by atoms with Crippen molar-refractivity contribution in [1.82, 2.24) is 0 Å². The van der Waals surface area contributed by atoms with E-state index in [-0.39, 0.29) is 6.42 Å². The fourth-order valence-electron chi connectivity index (χ4n) is 1.21. The van der Waals surface area contributed by atoms with E-state index in [1.54, 1.807) is 31.2 Å². The van der Waals surface area contributed by atoms with Crippen molar-refractivity contribution in [2.75, 3.05) is 6.61 Å². The third-order valence-electron chi connectivity index (χ3n) is 1.90. The maximum absolute atomic E-state index is 11.1. The van der Waals surface area contributed by atoms with Crippen molar-refractivity contribution >= 4 is 17.6 Å². The topological polar surface area (TPSA) is 46.5 Å². The second kappa shape index (κ2) is 5.73. The Hall–Kier alpha value is -1.06. The first-order chi connectivity index (χ1) is 7.13. The van der Waals surface area contributed by atoms with Gasteiger partial charge in [-0.25, -0.2) is 0 Å². The van der Waals surface area contributed by atoms with Gasteiger partial charge in [-0.05, 0) is 24.6 Å². The molecule has 1 aromatic carbocycles. The van der Waals surface area contributed by atoms with Gasteiger partial charge in [0.25, 0.3) is 0 Å². The molecule has 82 valence electrons. The van der Waals surface area contributed by atoms with Crippen LogP contribution in [-0.4, -0.2) is 17.7 Å². The van der Waals surface area contributed by atoms with Gasteiger partial charge in [0.15, 0.2) is 0 Å². The van der Waals surface area contributed by atoms with Crippen LogP contribution in [0, 0.1) is 0 Å². The molecule has 0 radical (unpaired) electrons. The lowest BCUT2D eigenvalue weighted by Gasteiger charge is -2.10. The molecule has 0 bridgehead atoms. The Labute approximate surface area is 93.6 Å². The quantitative estimate of drug-likeness (QED) is 0.805. The lowest BCUT2D eigenvalue weighted by Crippen LogP contribution is -2.09. The fourth-order valence-corrected chi connectivity index (χ4v) is 1.41. The number of esters is 1. The van der Waals surface area contributed by atoms with E-state index in [0.717, 1.165) is 0 Å². The minimum absolute atomic E-state index is 0.0474. The molecule has 3 nitrogen and oxygen atoms in total. The van der Waals surface area contributed by atoms with Gasteiger partial charge in [-0.3, -0.25) is 4.79 Å². The number of aliphatic hydroxyl groups excluding tert-OH is 1. The summed E-state index contributed by atoms with van der Waals surface area (Å²) in [7, 11) is 0. The number of carbonyl (C=O) groups is 1. The molecule has 0 amide bonds. The molecule has 0 saturated carbocycles. The van der Waals surface area contributed by atoms with Gasteiger partial charge in [0, 0.05) is 5.02 Å². The molecule has 0 aliphatic rings. The van der Waals surface area contributed by atoms with Crippen molar-refractivity contribution in [3.05, 3.63) is 34.9 Å². The standard InChI is InChI=1S/C11H13ClO3/c1-2-15-11(14)7-10(13)8-4-3-5-9(12)6-8/h3-6,10,13H,2,7H2,1H3. The molecule has 1 unspecified atom stereocenters. The van der Waals surface area contributed by atoms with Gasteiger partial charge in [-0.2, -0.15) is 0 Å². The van der Waals surface area contributed by atoms with Gasteiger partial charge in [-0.1, -0.05) is 23.7 Å². The van der Waals surface area contributed by atoms with E-state index in [2.05, 4.69) is 0 Å². The van der Waals surface area contributed by atoms with E-state index in [1.165, 1.54) is 0 Å². The average molecular weight is 229 g/mol. The number of carbonyl (C=O) groups excluding carboxylic acids is 1. The van der Waals surface area contributed by atoms with E-state index in [9.17, 15) is 9.90 Å². The van der Waals surface area contributed by atoms with Gasteiger partial charge in [0.1, 0.15) is 0 Å². The predicted molar refractivity (Wildman–Crippen MR) is 57.7 cm³/mol. The summed E-state index contributed by atoms with van der Waals surface area (Å²) < 4.78 is 4.73. The zero-order chi connectivity index (χ0) is 11.3. The number of hydrogen-bond acceptors (Lipinski definition) is 3. The molecule has 0 aliphatic carbocycles. The summed E-state index contributed by atoms with van der Waals surface area (Å²) in [6.07, 6.45) is -0.906. The summed E-state index contributed by atoms with van der Waals surface area (Å²) in [5, 5.41) is 10.2. The molecular weight excluding hydrogens is 216 g/mol. The van der Waals surface area contributed by atoms with Crippen LogP contribution in [-0.2, 0) is 9.53 Å². The van der Waals surface area contributed by atoms with Crippen LogP contribution < -0.4 is 0 Å². The third kappa shape index (κ3) is 3.90. The highest BCUT2D eigenvalue weighted by Crippen LogP contribution is 2.20. The van der Waals surface area contributed by atoms with Gasteiger partial charge in [0.2, 0.25) is 0 Å². The van der Waals surface area contributed by atoms with Gasteiger partial charge < -0.3 is 9.84 Å². The minimum atomic E-state index is -0.859. The molecule has 0 spiro atoms. The molecule has 0 fully saturated rings. The van der Waals surface area contributed by atoms with Crippen LogP contribution in [0.5, 0.6) is 0 Å². The fraction of sp³-hybridized carbons (Fsp3) is 0.364. The maximum Gasteiger partial charge on any atom is 0.308 e. The van der Waals surface area contributed by atoms with Crippen LogP contribution in [0.4, 0.5) is 0 Å². The molecule has 0 aromatic heterocycles. The summed E-state index contributed by atoms with van der Waals surface area (Å²) in [4.78, 5) is 11.1. The summed E-state index contributed by atoms with van der Waals surface area (Å²) in [5.41, 5.74) is 0.621. The van der Waals surface area contributed by atoms with Crippen molar-refractivity contribution in [3.63, 3.8) is 0 Å². The van der Waals surface area contributed by atoms with Crippen LogP contribution in [0.1, 0.15) is 25.0 Å². The van der Waals surface area contributed by atoms with Crippen LogP contribution in [0.15, 0.2) is 24.3 Å². The Bertz CT molecular complexity index is 338. The highest BCUT2D eigenvalue weighted by Gasteiger charge is 2.13. The molecule has 1 aromatic rings. The number of hydrogen-bond donors (Lipinski definition) is 1. The summed E-state index contributed by atoms with van der Waals surface area (Å²) >= 11 is 5.76. The third-order valence-corrected chi connectivity index (χ3v) is 2.13. The zero-order valence-electron chi connectivity index (χ0n) is 8.44. The predicted octanol–water partition coefficient (Wildman–Crippen LogP) is 2.33. The average Bonchev–Trinajstić information content (AvgIpc) is 2.18. The highest BCUT2D eigenvalue weighted by molar-refractivity contribution is 6.30. The maximum atomic E-state index is 11.1. The van der Waals surface area contributed by atoms with E-state index in [0.29, 0.717) is 17.2 Å². The zero-order valence-corrected chi connectivity index (χ0v) is 9.20. The second-order valence-electron chi connectivity index (χ2n) is 3.08. The molecule has 1 rings (SSSR count). The van der Waals surface area contributed by atoms with Crippen LogP contribution >= 0.6 is 11.6 Å². The number of rotatable bonds is 4. The molecular formula is C11H13ClO3. The SMILES string of the molecule is CCOC(=O)CC(O)c1cccc(Cl)c1. The first kappa shape index (κ1) is 12.0. The number of ether oxygens (including phenoxy) is 1. The summed E-state index contributed by atoms with van der Waals surface area (Å²) in [6, 6.07) is 6.79. The van der Waals surface area contributed by atoms with Crippen LogP contribution in [0.2, 0.25) is 5.02 Å². The van der Waals surface area contributed by atoms with Crippen molar-refractivity contribution in [1.29, 1.82) is 0 Å². The van der Waals surface area contributed by atoms with E-state index < -0.39 is 12.1 Å². The number of halogens is 1. The van der Waals surface area contributed by atoms with Crippen molar-refractivity contribution in [3.8, 4) is 0 Å². The van der Waals surface area contributed by atoms with Crippen LogP contribution in [0.25, 0.3) is 0 Å². The van der Waals surface area contributed by atoms with Gasteiger partial charge in [-0.15, -0.1) is 0 Å². The highest BCUT2D eigenvalue weighted by atomic mass is 35.5. The van der Waals surface area contributed by atoms with E-state index >= 15 is 0 Å². The monoisotopic (exact) mass is 228 g/mol. The Morgan fingerprint density at radius 3 is 2.93 bits per heavy atom. The first-order valence-electron chi connectivity index (χ1n) is 4.72. The van der Waals surface area contributed by atoms with Gasteiger partial charge in [0.05, 0.1) is 19.1 Å². The Kier molecular flexibility index (Phi) is 4.59. The number of aliphatic hydroxyl groups is 1. The Morgan fingerprint density at radius 2 is 2.33 bits per heavy atom. The van der Waals surface area contributed by atoms with Crippen molar-refractivity contribution in [2.24, 2.45) is 0 Å². The van der Waals surface area contributed by atoms with Crippen molar-refractivity contribution in [2.45, 2.75) is 19.4 Å². The minimum Gasteiger partial charge on any atom is -0.466 e. The van der Waals surface area contributed by atoms with Crippen LogP contribution in [0.3, 0.4) is 0 Å². The molecule has 0 saturated heterocycles. The van der Waals surface area contributed by atoms with Crippen molar-refractivity contribution < 1.29 is 14.6 Å². The molecule has 4 heteroatoms. The smallest absolute Gasteiger partial charge is 0.308 e. The molecule has 1 atom stereocenters. The summed E-state index contributed by atoms with van der Waals surface area (Å²) in [5.74, 6) is -0.412. The molecule has 0 aliphatic heterocycles. The van der Waals surface area contributed by atoms with E-state index in [4.69, 9.17) is 16.3 Å². The first-order valence-corrected chi connectivity index (χ1v) is 5.10. The molecule has 0 heterocycles. The van der Waals surface area contributed by atoms with Gasteiger partial charge >= 0.3 is 5.97 Å². The largest absolute Gasteiger partial charge is 0.466 e. The Balaban J connectivity index is 2.60. The second-order valence-corrected chi connectivity index (χ2v) is 3.52. The molecule has 15 heavy (non-hydrogen) atoms. The molecule has 1 N–H and O–H groups in total. The lowest BCUT2D eigenvalue weighted by molar-refractivity contribution is -0.145. The Morgan fingerprint density at radius 1 is 1.60 bits per heavy atom. The lowest BCUT2D eigenvalue weighted by atomic mass is 10.1.